The molecule has 1 fully saturated rings. The van der Waals surface area contributed by atoms with E-state index >= 15 is 0 Å². The van der Waals surface area contributed by atoms with Crippen molar-refractivity contribution in [2.24, 2.45) is 0 Å². The minimum absolute atomic E-state index is 0.101. The fraction of sp³-hybridized carbons (Fsp3) is 0.562. The maximum Gasteiger partial charge on any atom is 0.453 e. The fourth-order valence-electron chi connectivity index (χ4n) is 3.51. The van der Waals surface area contributed by atoms with Crippen LogP contribution < -0.4 is 4.90 Å². The first-order valence-corrected chi connectivity index (χ1v) is 8.69. The number of fused-ring (bicyclic) bond motifs is 1. The fourth-order valence-corrected chi connectivity index (χ4v) is 3.51. The molecule has 0 saturated carbocycles. The van der Waals surface area contributed by atoms with Gasteiger partial charge < -0.3 is 4.90 Å². The lowest BCUT2D eigenvalue weighted by Crippen LogP contribution is -2.36. The molecule has 144 valence electrons. The Labute approximate surface area is 152 Å². The van der Waals surface area contributed by atoms with Crippen molar-refractivity contribution in [3.05, 3.63) is 28.6 Å². The van der Waals surface area contributed by atoms with E-state index < -0.39 is 12.0 Å². The number of alkyl halides is 3. The zero-order valence-electron chi connectivity index (χ0n) is 15.2. The van der Waals surface area contributed by atoms with Gasteiger partial charge in [-0.25, -0.2) is 4.98 Å². The number of halogens is 3. The Kier molecular flexibility index (Phi) is 4.04. The molecule has 11 heteroatoms. The van der Waals surface area contributed by atoms with Crippen LogP contribution in [0.3, 0.4) is 0 Å². The Hall–Kier alpha value is -2.72. The van der Waals surface area contributed by atoms with Gasteiger partial charge >= 0.3 is 6.18 Å². The first-order chi connectivity index (χ1) is 12.8. The summed E-state index contributed by atoms with van der Waals surface area (Å²) in [5.74, 6) is 0.979. The quantitative estimate of drug-likeness (QED) is 0.735. The van der Waals surface area contributed by atoms with Crippen molar-refractivity contribution in [2.45, 2.75) is 45.7 Å². The SMILES string of the molecule is Cc1nc(C2CCCN(c3nn4c(C(F)(F)F)nnc4c(C)c3C)C2)n[nH]1. The molecule has 4 heterocycles. The van der Waals surface area contributed by atoms with E-state index in [0.29, 0.717) is 24.5 Å². The monoisotopic (exact) mass is 380 g/mol. The van der Waals surface area contributed by atoms with Gasteiger partial charge in [-0.3, -0.25) is 5.10 Å². The van der Waals surface area contributed by atoms with Gasteiger partial charge in [-0.15, -0.1) is 15.3 Å². The third-order valence-corrected chi connectivity index (χ3v) is 5.02. The lowest BCUT2D eigenvalue weighted by Gasteiger charge is -2.33. The van der Waals surface area contributed by atoms with Crippen molar-refractivity contribution in [1.29, 1.82) is 0 Å². The number of nitrogens with one attached hydrogen (secondary N) is 1. The largest absolute Gasteiger partial charge is 0.453 e. The molecule has 3 aromatic heterocycles. The molecule has 0 bridgehead atoms. The van der Waals surface area contributed by atoms with Gasteiger partial charge in [-0.1, -0.05) is 0 Å². The second-order valence-electron chi connectivity index (χ2n) is 6.89. The van der Waals surface area contributed by atoms with Gasteiger partial charge in [-0.05, 0) is 33.6 Å². The van der Waals surface area contributed by atoms with Gasteiger partial charge in [0.15, 0.2) is 17.3 Å². The number of anilines is 1. The van der Waals surface area contributed by atoms with E-state index in [-0.39, 0.29) is 11.6 Å². The summed E-state index contributed by atoms with van der Waals surface area (Å²) in [5.41, 5.74) is 1.57. The zero-order chi connectivity index (χ0) is 19.3. The molecular weight excluding hydrogens is 361 g/mol. The van der Waals surface area contributed by atoms with E-state index in [9.17, 15) is 13.2 Å². The Morgan fingerprint density at radius 3 is 2.56 bits per heavy atom. The zero-order valence-corrected chi connectivity index (χ0v) is 15.2. The third kappa shape index (κ3) is 3.00. The molecule has 8 nitrogen and oxygen atoms in total. The number of H-pyrrole nitrogens is 1. The lowest BCUT2D eigenvalue weighted by atomic mass is 9.97. The van der Waals surface area contributed by atoms with Crippen molar-refractivity contribution in [1.82, 2.24) is 35.0 Å². The molecule has 0 amide bonds. The molecule has 1 unspecified atom stereocenters. The lowest BCUT2D eigenvalue weighted by molar-refractivity contribution is -0.146. The average molecular weight is 380 g/mol. The number of aryl methyl sites for hydroxylation is 2. The topological polar surface area (TPSA) is 87.9 Å². The molecule has 0 spiro atoms. The van der Waals surface area contributed by atoms with E-state index in [1.54, 1.807) is 6.92 Å². The first-order valence-electron chi connectivity index (χ1n) is 8.69. The predicted octanol–water partition coefficient (Wildman–Crippen LogP) is 2.57. The van der Waals surface area contributed by atoms with E-state index in [1.165, 1.54) is 0 Å². The summed E-state index contributed by atoms with van der Waals surface area (Å²) < 4.78 is 40.5. The number of aromatic nitrogens is 7. The van der Waals surface area contributed by atoms with Gasteiger partial charge in [0.25, 0.3) is 5.82 Å². The highest BCUT2D eigenvalue weighted by Crippen LogP contribution is 2.33. The highest BCUT2D eigenvalue weighted by atomic mass is 19.4. The number of hydrogen-bond donors (Lipinski definition) is 1. The maximum atomic E-state index is 13.2. The van der Waals surface area contributed by atoms with Gasteiger partial charge in [0, 0.05) is 30.1 Å². The summed E-state index contributed by atoms with van der Waals surface area (Å²) in [6, 6.07) is 0. The maximum absolute atomic E-state index is 13.2. The summed E-state index contributed by atoms with van der Waals surface area (Å²) in [5, 5.41) is 18.3. The first kappa shape index (κ1) is 17.7. The summed E-state index contributed by atoms with van der Waals surface area (Å²) in [6.07, 6.45) is -2.81. The van der Waals surface area contributed by atoms with Crippen molar-refractivity contribution < 1.29 is 13.2 Å². The minimum Gasteiger partial charge on any atom is -0.354 e. The molecule has 0 radical (unpaired) electrons. The Balaban J connectivity index is 1.75. The highest BCUT2D eigenvalue weighted by molar-refractivity contribution is 5.59. The molecule has 0 aliphatic carbocycles. The third-order valence-electron chi connectivity index (χ3n) is 5.02. The van der Waals surface area contributed by atoms with Crippen molar-refractivity contribution in [2.75, 3.05) is 18.0 Å². The van der Waals surface area contributed by atoms with Gasteiger partial charge in [0.05, 0.1) is 0 Å². The molecule has 1 N–H and O–H groups in total. The van der Waals surface area contributed by atoms with E-state index in [2.05, 4.69) is 30.5 Å². The second-order valence-corrected chi connectivity index (χ2v) is 6.89. The van der Waals surface area contributed by atoms with Crippen LogP contribution in [-0.2, 0) is 6.18 Å². The standard InChI is InChI=1S/C16H19F3N8/c1-8-9(2)14(25-27-13(8)23-24-15(27)16(17,18)19)26-6-4-5-11(7-26)12-20-10(3)21-22-12/h11H,4-7H2,1-3H3,(H,20,21,22). The van der Waals surface area contributed by atoms with Gasteiger partial charge in [0.2, 0.25) is 0 Å². The molecular formula is C16H19F3N8. The minimum atomic E-state index is -4.62. The number of aromatic amines is 1. The number of rotatable bonds is 2. The Morgan fingerprint density at radius 1 is 1.11 bits per heavy atom. The summed E-state index contributed by atoms with van der Waals surface area (Å²) >= 11 is 0. The second kappa shape index (κ2) is 6.17. The summed E-state index contributed by atoms with van der Waals surface area (Å²) in [7, 11) is 0. The van der Waals surface area contributed by atoms with Crippen LogP contribution in [0.4, 0.5) is 19.0 Å². The van der Waals surface area contributed by atoms with Crippen molar-refractivity contribution in [3.63, 3.8) is 0 Å². The highest BCUT2D eigenvalue weighted by Gasteiger charge is 2.38. The van der Waals surface area contributed by atoms with Crippen LogP contribution >= 0.6 is 0 Å². The molecule has 4 rings (SSSR count). The van der Waals surface area contributed by atoms with E-state index in [1.807, 2.05) is 18.7 Å². The molecule has 27 heavy (non-hydrogen) atoms. The van der Waals surface area contributed by atoms with Crippen LogP contribution in [0.1, 0.15) is 47.4 Å². The molecule has 1 atom stereocenters. The molecule has 1 saturated heterocycles. The van der Waals surface area contributed by atoms with Crippen LogP contribution in [0, 0.1) is 20.8 Å². The van der Waals surface area contributed by atoms with Gasteiger partial charge in [-0.2, -0.15) is 22.8 Å². The van der Waals surface area contributed by atoms with Crippen LogP contribution in [-0.4, -0.2) is 48.1 Å². The molecule has 1 aliphatic rings. The summed E-state index contributed by atoms with van der Waals surface area (Å²) in [4.78, 5) is 6.40. The van der Waals surface area contributed by atoms with Crippen LogP contribution in [0.25, 0.3) is 5.65 Å². The Bertz CT molecular complexity index is 990. The number of nitrogens with zero attached hydrogens (tertiary/aromatic N) is 7. The van der Waals surface area contributed by atoms with Crippen molar-refractivity contribution in [3.8, 4) is 0 Å². The number of piperidine rings is 1. The average Bonchev–Trinajstić information content (AvgIpc) is 3.24. The predicted molar refractivity (Wildman–Crippen MR) is 90.6 cm³/mol. The molecule has 0 aromatic carbocycles. The van der Waals surface area contributed by atoms with Crippen LogP contribution in [0.5, 0.6) is 0 Å². The van der Waals surface area contributed by atoms with Crippen molar-refractivity contribution >= 4 is 11.5 Å². The molecule has 1 aliphatic heterocycles. The normalized spacial score (nSPS) is 18.4. The van der Waals surface area contributed by atoms with Gasteiger partial charge in [0.1, 0.15) is 5.82 Å². The summed E-state index contributed by atoms with van der Waals surface area (Å²) in [6.45, 7) is 6.73. The van der Waals surface area contributed by atoms with E-state index in [0.717, 1.165) is 34.6 Å². The molecule has 3 aromatic rings. The number of hydrogen-bond acceptors (Lipinski definition) is 6. The van der Waals surface area contributed by atoms with E-state index in [4.69, 9.17) is 0 Å². The van der Waals surface area contributed by atoms with Crippen LogP contribution in [0.2, 0.25) is 0 Å². The smallest absolute Gasteiger partial charge is 0.354 e. The Morgan fingerprint density at radius 2 is 1.89 bits per heavy atom. The van der Waals surface area contributed by atoms with Crippen LogP contribution in [0.15, 0.2) is 0 Å².